The Morgan fingerprint density at radius 1 is 0.862 bits per heavy atom. The highest BCUT2D eigenvalue weighted by molar-refractivity contribution is 5.93. The molecule has 2 fully saturated rings. The normalized spacial score (nSPS) is 17.4. The number of nitrogens with zero attached hydrogens (tertiary/aromatic N) is 3. The first-order chi connectivity index (χ1) is 14.1. The van der Waals surface area contributed by atoms with Crippen molar-refractivity contribution in [3.8, 4) is 0 Å². The summed E-state index contributed by atoms with van der Waals surface area (Å²) in [4.78, 5) is 19.5. The van der Waals surface area contributed by atoms with E-state index in [-0.39, 0.29) is 6.03 Å². The van der Waals surface area contributed by atoms with Crippen LogP contribution in [0.2, 0.25) is 0 Å². The van der Waals surface area contributed by atoms with Gasteiger partial charge in [-0.25, -0.2) is 4.79 Å². The lowest BCUT2D eigenvalue weighted by molar-refractivity contribution is 0.123. The number of hydrogen-bond donors (Lipinski definition) is 1. The fraction of sp³-hybridized carbons (Fsp3) is 0.435. The van der Waals surface area contributed by atoms with Crippen molar-refractivity contribution in [2.45, 2.75) is 13.8 Å². The number of urea groups is 1. The first-order valence-corrected chi connectivity index (χ1v) is 10.4. The molecule has 0 atom stereocenters. The second-order valence-electron chi connectivity index (χ2n) is 7.87. The fourth-order valence-electron chi connectivity index (χ4n) is 4.15. The zero-order valence-corrected chi connectivity index (χ0v) is 17.4. The van der Waals surface area contributed by atoms with Gasteiger partial charge in [0.1, 0.15) is 0 Å². The van der Waals surface area contributed by atoms with E-state index in [1.165, 1.54) is 16.8 Å². The molecule has 0 spiro atoms. The van der Waals surface area contributed by atoms with E-state index in [9.17, 15) is 4.79 Å². The number of aryl methyl sites for hydroxylation is 2. The molecule has 2 saturated heterocycles. The molecule has 29 heavy (non-hydrogen) atoms. The molecule has 2 amide bonds. The Morgan fingerprint density at radius 3 is 2.21 bits per heavy atom. The van der Waals surface area contributed by atoms with Gasteiger partial charge in [0.05, 0.1) is 24.6 Å². The molecule has 6 heteroatoms. The van der Waals surface area contributed by atoms with Crippen molar-refractivity contribution < 1.29 is 9.53 Å². The lowest BCUT2D eigenvalue weighted by Crippen LogP contribution is -2.50. The molecule has 2 aliphatic rings. The van der Waals surface area contributed by atoms with E-state index >= 15 is 0 Å². The number of anilines is 3. The SMILES string of the molecule is Cc1cc(C)cc(N2CCN(C(=O)Nc3ccccc3N3CCOCC3)CC2)c1. The van der Waals surface area contributed by atoms with E-state index in [1.807, 2.05) is 23.1 Å². The molecule has 0 radical (unpaired) electrons. The minimum absolute atomic E-state index is 0.0224. The molecule has 0 unspecified atom stereocenters. The summed E-state index contributed by atoms with van der Waals surface area (Å²) in [7, 11) is 0. The van der Waals surface area contributed by atoms with E-state index in [1.54, 1.807) is 0 Å². The number of nitrogens with one attached hydrogen (secondary N) is 1. The molecule has 4 rings (SSSR count). The van der Waals surface area contributed by atoms with E-state index in [4.69, 9.17) is 4.74 Å². The van der Waals surface area contributed by atoms with Gasteiger partial charge in [0, 0.05) is 45.0 Å². The first-order valence-electron chi connectivity index (χ1n) is 10.4. The number of benzene rings is 2. The maximum absolute atomic E-state index is 12.9. The molecule has 2 aromatic carbocycles. The average molecular weight is 395 g/mol. The van der Waals surface area contributed by atoms with E-state index < -0.39 is 0 Å². The molecule has 0 aromatic heterocycles. The molecule has 154 valence electrons. The maximum Gasteiger partial charge on any atom is 0.322 e. The summed E-state index contributed by atoms with van der Waals surface area (Å²) in [6.45, 7) is 10.5. The van der Waals surface area contributed by atoms with Gasteiger partial charge >= 0.3 is 6.03 Å². The molecular weight excluding hydrogens is 364 g/mol. The third-order valence-electron chi connectivity index (χ3n) is 5.64. The predicted molar refractivity (Wildman–Crippen MR) is 118 cm³/mol. The highest BCUT2D eigenvalue weighted by atomic mass is 16.5. The van der Waals surface area contributed by atoms with Crippen LogP contribution in [0, 0.1) is 13.8 Å². The summed E-state index contributed by atoms with van der Waals surface area (Å²) in [6.07, 6.45) is 0. The number of morpholine rings is 1. The number of para-hydroxylation sites is 2. The lowest BCUT2D eigenvalue weighted by atomic mass is 10.1. The molecule has 6 nitrogen and oxygen atoms in total. The largest absolute Gasteiger partial charge is 0.378 e. The number of ether oxygens (including phenoxy) is 1. The quantitative estimate of drug-likeness (QED) is 0.866. The van der Waals surface area contributed by atoms with Gasteiger partial charge in [-0.2, -0.15) is 0 Å². The Hall–Kier alpha value is -2.73. The van der Waals surface area contributed by atoms with Crippen LogP contribution in [0.1, 0.15) is 11.1 Å². The van der Waals surface area contributed by atoms with Crippen molar-refractivity contribution in [2.24, 2.45) is 0 Å². The van der Waals surface area contributed by atoms with E-state index in [0.717, 1.165) is 63.9 Å². The minimum Gasteiger partial charge on any atom is -0.378 e. The van der Waals surface area contributed by atoms with Gasteiger partial charge in [-0.1, -0.05) is 18.2 Å². The van der Waals surface area contributed by atoms with Crippen LogP contribution in [0.15, 0.2) is 42.5 Å². The summed E-state index contributed by atoms with van der Waals surface area (Å²) in [5.74, 6) is 0. The van der Waals surface area contributed by atoms with E-state index in [0.29, 0.717) is 0 Å². The second-order valence-corrected chi connectivity index (χ2v) is 7.87. The summed E-state index contributed by atoms with van der Waals surface area (Å²) in [5.41, 5.74) is 5.74. The molecule has 0 saturated carbocycles. The second kappa shape index (κ2) is 8.74. The summed E-state index contributed by atoms with van der Waals surface area (Å²) >= 11 is 0. The highest BCUT2D eigenvalue weighted by Gasteiger charge is 2.23. The Bertz CT molecular complexity index is 835. The van der Waals surface area contributed by atoms with Gasteiger partial charge in [0.25, 0.3) is 0 Å². The monoisotopic (exact) mass is 394 g/mol. The third-order valence-corrected chi connectivity index (χ3v) is 5.64. The number of piperazine rings is 1. The van der Waals surface area contributed by atoms with Crippen LogP contribution in [-0.4, -0.2) is 63.4 Å². The van der Waals surface area contributed by atoms with Crippen LogP contribution in [-0.2, 0) is 4.74 Å². The number of carbonyl (C=O) groups excluding carboxylic acids is 1. The zero-order valence-electron chi connectivity index (χ0n) is 17.4. The standard InChI is InChI=1S/C23H30N4O2/c1-18-15-19(2)17-20(16-18)25-7-9-27(10-8-25)23(28)24-21-5-3-4-6-22(21)26-11-13-29-14-12-26/h3-6,15-17H,7-14H2,1-2H3,(H,24,28). The molecule has 2 heterocycles. The third kappa shape index (κ3) is 4.65. The molecule has 0 aliphatic carbocycles. The Balaban J connectivity index is 1.38. The molecule has 2 aliphatic heterocycles. The van der Waals surface area contributed by atoms with Gasteiger partial charge in [-0.05, 0) is 49.2 Å². The lowest BCUT2D eigenvalue weighted by Gasteiger charge is -2.37. The van der Waals surface area contributed by atoms with Crippen molar-refractivity contribution in [2.75, 3.05) is 67.6 Å². The molecule has 1 N–H and O–H groups in total. The van der Waals surface area contributed by atoms with Crippen LogP contribution in [0.25, 0.3) is 0 Å². The van der Waals surface area contributed by atoms with Gasteiger partial charge in [0.15, 0.2) is 0 Å². The van der Waals surface area contributed by atoms with Crippen LogP contribution >= 0.6 is 0 Å². The van der Waals surface area contributed by atoms with Crippen LogP contribution in [0.4, 0.5) is 21.9 Å². The fourth-order valence-corrected chi connectivity index (χ4v) is 4.15. The first kappa shape index (κ1) is 19.6. The van der Waals surface area contributed by atoms with Crippen molar-refractivity contribution >= 4 is 23.1 Å². The summed E-state index contributed by atoms with van der Waals surface area (Å²) in [5, 5.41) is 3.14. The van der Waals surface area contributed by atoms with Crippen LogP contribution in [0.3, 0.4) is 0 Å². The van der Waals surface area contributed by atoms with Crippen LogP contribution in [0.5, 0.6) is 0 Å². The van der Waals surface area contributed by atoms with Gasteiger partial charge in [-0.3, -0.25) is 0 Å². The topological polar surface area (TPSA) is 48.0 Å². The molecule has 2 aromatic rings. The van der Waals surface area contributed by atoms with Crippen LogP contribution < -0.4 is 15.1 Å². The highest BCUT2D eigenvalue weighted by Crippen LogP contribution is 2.27. The van der Waals surface area contributed by atoms with Gasteiger partial charge in [0.2, 0.25) is 0 Å². The average Bonchev–Trinajstić information content (AvgIpc) is 2.74. The molecule has 0 bridgehead atoms. The van der Waals surface area contributed by atoms with E-state index in [2.05, 4.69) is 53.2 Å². The minimum atomic E-state index is -0.0224. The Morgan fingerprint density at radius 2 is 1.52 bits per heavy atom. The predicted octanol–water partition coefficient (Wildman–Crippen LogP) is 3.49. The Kier molecular flexibility index (Phi) is 5.90. The number of carbonyl (C=O) groups is 1. The smallest absolute Gasteiger partial charge is 0.322 e. The zero-order chi connectivity index (χ0) is 20.2. The number of rotatable bonds is 3. The van der Waals surface area contributed by atoms with Gasteiger partial charge < -0.3 is 24.8 Å². The van der Waals surface area contributed by atoms with Crippen molar-refractivity contribution in [3.63, 3.8) is 0 Å². The molecular formula is C23H30N4O2. The maximum atomic E-state index is 12.9. The summed E-state index contributed by atoms with van der Waals surface area (Å²) in [6, 6.07) is 14.7. The van der Waals surface area contributed by atoms with Gasteiger partial charge in [-0.15, -0.1) is 0 Å². The Labute approximate surface area is 173 Å². The number of amides is 2. The van der Waals surface area contributed by atoms with Crippen molar-refractivity contribution in [1.82, 2.24) is 4.90 Å². The van der Waals surface area contributed by atoms with Crippen molar-refractivity contribution in [1.29, 1.82) is 0 Å². The van der Waals surface area contributed by atoms with Crippen molar-refractivity contribution in [3.05, 3.63) is 53.6 Å². The summed E-state index contributed by atoms with van der Waals surface area (Å²) < 4.78 is 5.46. The number of hydrogen-bond acceptors (Lipinski definition) is 4.